The molecule has 1 aliphatic heterocycles. The molecule has 2 aromatic rings. The number of nitro groups is 1. The fourth-order valence-electron chi connectivity index (χ4n) is 3.09. The number of carbonyl (C=O) groups excluding carboxylic acids is 2. The molecule has 0 atom stereocenters. The molecule has 9 heteroatoms. The van der Waals surface area contributed by atoms with E-state index in [9.17, 15) is 24.1 Å². The van der Waals surface area contributed by atoms with E-state index in [-0.39, 0.29) is 16.8 Å². The first kappa shape index (κ1) is 19.3. The third-order valence-electron chi connectivity index (χ3n) is 4.46. The maximum Gasteiger partial charge on any atom is 0.338 e. The Morgan fingerprint density at radius 1 is 1.14 bits per heavy atom. The molecule has 0 unspecified atom stereocenters. The number of non-ortho nitro benzene ring substituents is 1. The molecule has 0 aliphatic carbocycles. The van der Waals surface area contributed by atoms with E-state index >= 15 is 0 Å². The molecule has 1 amide bonds. The van der Waals surface area contributed by atoms with Crippen molar-refractivity contribution in [2.75, 3.05) is 30.4 Å². The summed E-state index contributed by atoms with van der Waals surface area (Å²) in [6.45, 7) is 1.57. The monoisotopic (exact) mass is 387 g/mol. The van der Waals surface area contributed by atoms with Gasteiger partial charge in [0.25, 0.3) is 11.6 Å². The van der Waals surface area contributed by atoms with Crippen LogP contribution < -0.4 is 10.2 Å². The van der Waals surface area contributed by atoms with Gasteiger partial charge in [0.15, 0.2) is 0 Å². The summed E-state index contributed by atoms with van der Waals surface area (Å²) in [7, 11) is 1.13. The largest absolute Gasteiger partial charge is 0.465 e. The van der Waals surface area contributed by atoms with Gasteiger partial charge in [-0.1, -0.05) is 0 Å². The third kappa shape index (κ3) is 4.08. The second-order valence-corrected chi connectivity index (χ2v) is 6.33. The molecular formula is C19H18FN3O5. The SMILES string of the molecule is COC(=O)c1cc(C(=O)Nc2ccc(N3CCCC3)c(F)c2)cc([N+](=O)[O-])c1. The molecule has 0 spiro atoms. The van der Waals surface area contributed by atoms with Gasteiger partial charge in [-0.25, -0.2) is 9.18 Å². The first-order valence-electron chi connectivity index (χ1n) is 8.62. The van der Waals surface area contributed by atoms with Gasteiger partial charge in [0, 0.05) is 36.5 Å². The standard InChI is InChI=1S/C19H18FN3O5/c1-28-19(25)13-8-12(9-15(10-13)23(26)27)18(24)21-14-4-5-17(16(20)11-14)22-6-2-3-7-22/h4-5,8-11H,2-3,6-7H2,1H3,(H,21,24). The molecule has 1 aliphatic rings. The van der Waals surface area contributed by atoms with Gasteiger partial charge in [-0.15, -0.1) is 0 Å². The highest BCUT2D eigenvalue weighted by Crippen LogP contribution is 2.26. The first-order valence-corrected chi connectivity index (χ1v) is 8.62. The Kier molecular flexibility index (Phi) is 5.53. The molecule has 0 aromatic heterocycles. The predicted molar refractivity (Wildman–Crippen MR) is 100 cm³/mol. The number of ether oxygens (including phenoxy) is 1. The lowest BCUT2D eigenvalue weighted by molar-refractivity contribution is -0.384. The van der Waals surface area contributed by atoms with Crippen LogP contribution in [0.25, 0.3) is 0 Å². The summed E-state index contributed by atoms with van der Waals surface area (Å²) in [6.07, 6.45) is 2.01. The van der Waals surface area contributed by atoms with Crippen LogP contribution in [0.2, 0.25) is 0 Å². The number of halogens is 1. The number of nitro benzene ring substituents is 1. The molecule has 3 rings (SSSR count). The lowest BCUT2D eigenvalue weighted by Crippen LogP contribution is -2.19. The Morgan fingerprint density at radius 2 is 1.82 bits per heavy atom. The molecule has 1 fully saturated rings. The van der Waals surface area contributed by atoms with E-state index in [2.05, 4.69) is 10.1 Å². The van der Waals surface area contributed by atoms with Gasteiger partial charge in [-0.05, 0) is 37.1 Å². The van der Waals surface area contributed by atoms with E-state index in [1.165, 1.54) is 12.1 Å². The second-order valence-electron chi connectivity index (χ2n) is 6.33. The van der Waals surface area contributed by atoms with Crippen molar-refractivity contribution in [1.29, 1.82) is 0 Å². The number of benzene rings is 2. The maximum atomic E-state index is 14.4. The van der Waals surface area contributed by atoms with Crippen molar-refractivity contribution in [2.24, 2.45) is 0 Å². The number of amides is 1. The van der Waals surface area contributed by atoms with Crippen LogP contribution in [0.15, 0.2) is 36.4 Å². The highest BCUT2D eigenvalue weighted by molar-refractivity contribution is 6.06. The van der Waals surface area contributed by atoms with Gasteiger partial charge >= 0.3 is 5.97 Å². The number of nitrogens with zero attached hydrogens (tertiary/aromatic N) is 2. The number of hydrogen-bond donors (Lipinski definition) is 1. The zero-order valence-electron chi connectivity index (χ0n) is 15.1. The number of rotatable bonds is 5. The molecule has 0 bridgehead atoms. The minimum Gasteiger partial charge on any atom is -0.465 e. The molecule has 2 aromatic carbocycles. The van der Waals surface area contributed by atoms with Crippen LogP contribution >= 0.6 is 0 Å². The summed E-state index contributed by atoms with van der Waals surface area (Å²) in [5.74, 6) is -1.98. The normalized spacial score (nSPS) is 13.3. The highest BCUT2D eigenvalue weighted by atomic mass is 19.1. The van der Waals surface area contributed by atoms with Crippen molar-refractivity contribution in [3.05, 3.63) is 63.5 Å². The zero-order valence-corrected chi connectivity index (χ0v) is 15.1. The third-order valence-corrected chi connectivity index (χ3v) is 4.46. The maximum absolute atomic E-state index is 14.4. The lowest BCUT2D eigenvalue weighted by atomic mass is 10.1. The van der Waals surface area contributed by atoms with Crippen molar-refractivity contribution in [3.63, 3.8) is 0 Å². The smallest absolute Gasteiger partial charge is 0.338 e. The van der Waals surface area contributed by atoms with Crippen LogP contribution in [0.1, 0.15) is 33.6 Å². The van der Waals surface area contributed by atoms with Crippen LogP contribution in [-0.2, 0) is 4.74 Å². The average Bonchev–Trinajstić information content (AvgIpc) is 3.21. The zero-order chi connectivity index (χ0) is 20.3. The van der Waals surface area contributed by atoms with Gasteiger partial charge in [-0.3, -0.25) is 14.9 Å². The van der Waals surface area contributed by atoms with Crippen molar-refractivity contribution >= 4 is 28.9 Å². The van der Waals surface area contributed by atoms with Gasteiger partial charge < -0.3 is 15.0 Å². The van der Waals surface area contributed by atoms with E-state index in [0.717, 1.165) is 45.2 Å². The number of carbonyl (C=O) groups is 2. The highest BCUT2D eigenvalue weighted by Gasteiger charge is 2.20. The van der Waals surface area contributed by atoms with Crippen LogP contribution in [0.5, 0.6) is 0 Å². The van der Waals surface area contributed by atoms with Gasteiger partial charge in [0.05, 0.1) is 23.3 Å². The molecule has 1 heterocycles. The van der Waals surface area contributed by atoms with E-state index in [4.69, 9.17) is 0 Å². The summed E-state index contributed by atoms with van der Waals surface area (Å²) in [5.41, 5.74) is 0.00930. The number of anilines is 2. The van der Waals surface area contributed by atoms with E-state index in [0.29, 0.717) is 5.69 Å². The van der Waals surface area contributed by atoms with Crippen LogP contribution in [0, 0.1) is 15.9 Å². The molecule has 8 nitrogen and oxygen atoms in total. The lowest BCUT2D eigenvalue weighted by Gasteiger charge is -2.18. The van der Waals surface area contributed by atoms with Crippen molar-refractivity contribution in [2.45, 2.75) is 12.8 Å². The summed E-state index contributed by atoms with van der Waals surface area (Å²) >= 11 is 0. The fraction of sp³-hybridized carbons (Fsp3) is 0.263. The molecule has 1 saturated heterocycles. The molecule has 0 radical (unpaired) electrons. The Labute approximate surface area is 160 Å². The van der Waals surface area contributed by atoms with E-state index in [1.54, 1.807) is 12.1 Å². The summed E-state index contributed by atoms with van der Waals surface area (Å²) in [5, 5.41) is 13.6. The minimum atomic E-state index is -0.807. The van der Waals surface area contributed by atoms with E-state index in [1.807, 2.05) is 4.90 Å². The van der Waals surface area contributed by atoms with Gasteiger partial charge in [0.1, 0.15) is 5.82 Å². The Morgan fingerprint density at radius 3 is 2.43 bits per heavy atom. The first-order chi connectivity index (χ1) is 13.4. The van der Waals surface area contributed by atoms with Crippen LogP contribution in [0.4, 0.5) is 21.5 Å². The topological polar surface area (TPSA) is 102 Å². The Balaban J connectivity index is 1.84. The van der Waals surface area contributed by atoms with Crippen LogP contribution in [0.3, 0.4) is 0 Å². The fourth-order valence-corrected chi connectivity index (χ4v) is 3.09. The Bertz CT molecular complexity index is 941. The molecule has 28 heavy (non-hydrogen) atoms. The minimum absolute atomic E-state index is 0.112. The quantitative estimate of drug-likeness (QED) is 0.479. The number of esters is 1. The number of hydrogen-bond acceptors (Lipinski definition) is 6. The van der Waals surface area contributed by atoms with E-state index < -0.39 is 28.3 Å². The van der Waals surface area contributed by atoms with Crippen molar-refractivity contribution in [3.8, 4) is 0 Å². The number of methoxy groups -OCH3 is 1. The van der Waals surface area contributed by atoms with Crippen LogP contribution in [-0.4, -0.2) is 37.0 Å². The molecule has 0 saturated carbocycles. The van der Waals surface area contributed by atoms with Gasteiger partial charge in [0.2, 0.25) is 0 Å². The van der Waals surface area contributed by atoms with Crippen molar-refractivity contribution < 1.29 is 23.6 Å². The predicted octanol–water partition coefficient (Wildman–Crippen LogP) is 3.37. The Hall–Kier alpha value is -3.49. The van der Waals surface area contributed by atoms with Gasteiger partial charge in [-0.2, -0.15) is 0 Å². The summed E-state index contributed by atoms with van der Waals surface area (Å²) in [6, 6.07) is 7.59. The summed E-state index contributed by atoms with van der Waals surface area (Å²) < 4.78 is 19.0. The molecule has 146 valence electrons. The molecule has 1 N–H and O–H groups in total. The number of nitrogens with one attached hydrogen (secondary N) is 1. The van der Waals surface area contributed by atoms with Crippen molar-refractivity contribution in [1.82, 2.24) is 0 Å². The molecular weight excluding hydrogens is 369 g/mol. The average molecular weight is 387 g/mol. The second kappa shape index (κ2) is 8.03. The summed E-state index contributed by atoms with van der Waals surface area (Å²) in [4.78, 5) is 36.5.